The third kappa shape index (κ3) is 3.17. The summed E-state index contributed by atoms with van der Waals surface area (Å²) in [6.45, 7) is 2.48. The van der Waals surface area contributed by atoms with Crippen molar-refractivity contribution in [3.63, 3.8) is 0 Å². The predicted octanol–water partition coefficient (Wildman–Crippen LogP) is 2.78. The lowest BCUT2D eigenvalue weighted by molar-refractivity contribution is -0.137. The van der Waals surface area contributed by atoms with Crippen molar-refractivity contribution < 1.29 is 14.7 Å². The summed E-state index contributed by atoms with van der Waals surface area (Å²) < 4.78 is 0. The first-order chi connectivity index (χ1) is 9.61. The molecule has 0 fully saturated rings. The summed E-state index contributed by atoms with van der Waals surface area (Å²) >= 11 is 0. The summed E-state index contributed by atoms with van der Waals surface area (Å²) in [5.74, 6) is -0.904. The van der Waals surface area contributed by atoms with Gasteiger partial charge in [0.05, 0.1) is 0 Å². The van der Waals surface area contributed by atoms with Crippen LogP contribution >= 0.6 is 0 Å². The van der Waals surface area contributed by atoms with Crippen LogP contribution in [0.3, 0.4) is 0 Å². The minimum Gasteiger partial charge on any atom is -0.481 e. The number of amides is 1. The number of fused-ring (bicyclic) bond motifs is 1. The molecule has 1 heterocycles. The second kappa shape index (κ2) is 6.23. The summed E-state index contributed by atoms with van der Waals surface area (Å²) in [5, 5.41) is 9.66. The fraction of sp³-hybridized carbons (Fsp3) is 0.333. The van der Waals surface area contributed by atoms with E-state index in [1.165, 1.54) is 0 Å². The number of carboxylic acids is 1. The van der Waals surface area contributed by atoms with Crippen LogP contribution < -0.4 is 4.90 Å². The zero-order valence-corrected chi connectivity index (χ0v) is 11.4. The van der Waals surface area contributed by atoms with E-state index in [1.54, 1.807) is 4.90 Å². The first kappa shape index (κ1) is 14.1. The van der Waals surface area contributed by atoms with Gasteiger partial charge in [0.2, 0.25) is 5.91 Å². The Morgan fingerprint density at radius 2 is 2.05 bits per heavy atom. The van der Waals surface area contributed by atoms with Gasteiger partial charge in [0.1, 0.15) is 0 Å². The summed E-state index contributed by atoms with van der Waals surface area (Å²) in [6, 6.07) is 7.77. The van der Waals surface area contributed by atoms with Crippen molar-refractivity contribution in [1.82, 2.24) is 4.98 Å². The molecule has 2 N–H and O–H groups in total. The molecule has 0 aliphatic rings. The average Bonchev–Trinajstić information content (AvgIpc) is 2.86. The number of nitrogens with one attached hydrogen (secondary N) is 1. The Morgan fingerprint density at radius 1 is 1.25 bits per heavy atom. The first-order valence-electron chi connectivity index (χ1n) is 6.71. The second-order valence-corrected chi connectivity index (χ2v) is 4.63. The normalized spacial score (nSPS) is 10.7. The van der Waals surface area contributed by atoms with Crippen LogP contribution in [0.4, 0.5) is 5.69 Å². The molecule has 0 unspecified atom stereocenters. The molecule has 5 nitrogen and oxygen atoms in total. The van der Waals surface area contributed by atoms with Gasteiger partial charge in [-0.2, -0.15) is 0 Å². The number of hydrogen-bond donors (Lipinski definition) is 2. The van der Waals surface area contributed by atoms with E-state index in [1.807, 2.05) is 37.4 Å². The van der Waals surface area contributed by atoms with Crippen LogP contribution in [0.1, 0.15) is 26.2 Å². The average molecular weight is 274 g/mol. The fourth-order valence-corrected chi connectivity index (χ4v) is 2.24. The fourth-order valence-electron chi connectivity index (χ4n) is 2.24. The van der Waals surface area contributed by atoms with E-state index in [2.05, 4.69) is 4.98 Å². The van der Waals surface area contributed by atoms with Crippen LogP contribution in [0.5, 0.6) is 0 Å². The SMILES string of the molecule is CCN(C(=O)CCCC(=O)O)c1ccc2[nH]ccc2c1. The molecular formula is C15H18N2O3. The van der Waals surface area contributed by atoms with Crippen LogP contribution in [-0.2, 0) is 9.59 Å². The highest BCUT2D eigenvalue weighted by Gasteiger charge is 2.14. The van der Waals surface area contributed by atoms with E-state index in [4.69, 9.17) is 5.11 Å². The maximum atomic E-state index is 12.2. The highest BCUT2D eigenvalue weighted by atomic mass is 16.4. The molecule has 0 saturated heterocycles. The smallest absolute Gasteiger partial charge is 0.303 e. The predicted molar refractivity (Wildman–Crippen MR) is 77.8 cm³/mol. The summed E-state index contributed by atoms with van der Waals surface area (Å²) in [6.07, 6.45) is 2.52. The topological polar surface area (TPSA) is 73.4 Å². The second-order valence-electron chi connectivity index (χ2n) is 4.63. The zero-order valence-electron chi connectivity index (χ0n) is 11.4. The van der Waals surface area contributed by atoms with Crippen molar-refractivity contribution in [2.45, 2.75) is 26.2 Å². The van der Waals surface area contributed by atoms with E-state index >= 15 is 0 Å². The number of carbonyl (C=O) groups is 2. The van der Waals surface area contributed by atoms with Gasteiger partial charge >= 0.3 is 5.97 Å². The molecule has 0 saturated carbocycles. The maximum Gasteiger partial charge on any atom is 0.303 e. The zero-order chi connectivity index (χ0) is 14.5. The molecule has 0 spiro atoms. The number of hydrogen-bond acceptors (Lipinski definition) is 2. The summed E-state index contributed by atoms with van der Waals surface area (Å²) in [5.41, 5.74) is 1.88. The van der Waals surface area contributed by atoms with Crippen LogP contribution in [-0.4, -0.2) is 28.5 Å². The molecule has 106 valence electrons. The Balaban J connectivity index is 2.10. The molecule has 1 aromatic carbocycles. The number of aliphatic carboxylic acids is 1. The largest absolute Gasteiger partial charge is 0.481 e. The molecule has 2 rings (SSSR count). The molecule has 20 heavy (non-hydrogen) atoms. The third-order valence-electron chi connectivity index (χ3n) is 3.25. The Bertz CT molecular complexity index is 618. The lowest BCUT2D eigenvalue weighted by Crippen LogP contribution is -2.30. The monoisotopic (exact) mass is 274 g/mol. The Kier molecular flexibility index (Phi) is 4.40. The van der Waals surface area contributed by atoms with Crippen molar-refractivity contribution in [1.29, 1.82) is 0 Å². The minimum atomic E-state index is -0.866. The summed E-state index contributed by atoms with van der Waals surface area (Å²) in [4.78, 5) is 27.4. The number of carbonyl (C=O) groups excluding carboxylic acids is 1. The Labute approximate surface area is 117 Å². The molecule has 0 atom stereocenters. The van der Waals surface area contributed by atoms with Crippen LogP contribution in [0.15, 0.2) is 30.5 Å². The van der Waals surface area contributed by atoms with Gasteiger partial charge < -0.3 is 15.0 Å². The molecule has 0 aliphatic carbocycles. The first-order valence-corrected chi connectivity index (χ1v) is 6.71. The molecule has 0 radical (unpaired) electrons. The van der Waals surface area contributed by atoms with E-state index in [-0.39, 0.29) is 18.7 Å². The van der Waals surface area contributed by atoms with Crippen molar-refractivity contribution in [2.24, 2.45) is 0 Å². The quantitative estimate of drug-likeness (QED) is 0.850. The molecule has 5 heteroatoms. The maximum absolute atomic E-state index is 12.2. The highest BCUT2D eigenvalue weighted by molar-refractivity contribution is 5.96. The molecule has 0 bridgehead atoms. The van der Waals surface area contributed by atoms with Crippen molar-refractivity contribution in [2.75, 3.05) is 11.4 Å². The third-order valence-corrected chi connectivity index (χ3v) is 3.25. The van der Waals surface area contributed by atoms with Gasteiger partial charge in [0, 0.05) is 42.2 Å². The molecule has 2 aromatic rings. The van der Waals surface area contributed by atoms with Crippen molar-refractivity contribution in [3.05, 3.63) is 30.5 Å². The van der Waals surface area contributed by atoms with E-state index in [0.29, 0.717) is 13.0 Å². The van der Waals surface area contributed by atoms with E-state index in [9.17, 15) is 9.59 Å². The van der Waals surface area contributed by atoms with Gasteiger partial charge in [0.25, 0.3) is 0 Å². The lowest BCUT2D eigenvalue weighted by Gasteiger charge is -2.21. The van der Waals surface area contributed by atoms with Gasteiger partial charge in [-0.1, -0.05) is 0 Å². The van der Waals surface area contributed by atoms with Crippen molar-refractivity contribution in [3.8, 4) is 0 Å². The summed E-state index contributed by atoms with van der Waals surface area (Å²) in [7, 11) is 0. The van der Waals surface area contributed by atoms with E-state index in [0.717, 1.165) is 16.6 Å². The number of nitrogens with zero attached hydrogens (tertiary/aromatic N) is 1. The molecular weight excluding hydrogens is 256 g/mol. The van der Waals surface area contributed by atoms with Crippen molar-refractivity contribution >= 4 is 28.5 Å². The Hall–Kier alpha value is -2.30. The van der Waals surface area contributed by atoms with Gasteiger partial charge in [-0.05, 0) is 37.6 Å². The number of aromatic nitrogens is 1. The molecule has 1 amide bonds. The van der Waals surface area contributed by atoms with Gasteiger partial charge in [0.15, 0.2) is 0 Å². The van der Waals surface area contributed by atoms with Gasteiger partial charge in [-0.15, -0.1) is 0 Å². The van der Waals surface area contributed by atoms with Crippen LogP contribution in [0, 0.1) is 0 Å². The number of rotatable bonds is 6. The minimum absolute atomic E-state index is 0.0279. The molecule has 0 aliphatic heterocycles. The number of H-pyrrole nitrogens is 1. The lowest BCUT2D eigenvalue weighted by atomic mass is 10.2. The van der Waals surface area contributed by atoms with Gasteiger partial charge in [-0.25, -0.2) is 0 Å². The van der Waals surface area contributed by atoms with Gasteiger partial charge in [-0.3, -0.25) is 9.59 Å². The number of benzene rings is 1. The van der Waals surface area contributed by atoms with Crippen LogP contribution in [0.25, 0.3) is 10.9 Å². The van der Waals surface area contributed by atoms with Crippen LogP contribution in [0.2, 0.25) is 0 Å². The Morgan fingerprint density at radius 3 is 2.75 bits per heavy atom. The highest BCUT2D eigenvalue weighted by Crippen LogP contribution is 2.22. The number of carboxylic acid groups (broad SMARTS) is 1. The standard InChI is InChI=1S/C15H18N2O3/c1-2-17(14(18)4-3-5-15(19)20)12-6-7-13-11(10-12)8-9-16-13/h6-10,16H,2-5H2,1H3,(H,19,20). The molecule has 1 aromatic heterocycles. The number of aromatic amines is 1. The number of anilines is 1. The van der Waals surface area contributed by atoms with E-state index < -0.39 is 5.97 Å².